The van der Waals surface area contributed by atoms with Gasteiger partial charge in [0.1, 0.15) is 5.75 Å². The van der Waals surface area contributed by atoms with Crippen LogP contribution in [0.25, 0.3) is 11.3 Å². The molecule has 0 saturated carbocycles. The summed E-state index contributed by atoms with van der Waals surface area (Å²) in [6.45, 7) is 8.62. The van der Waals surface area contributed by atoms with Crippen molar-refractivity contribution >= 4 is 57.3 Å². The highest BCUT2D eigenvalue weighted by molar-refractivity contribution is 7.99. The van der Waals surface area contributed by atoms with Crippen LogP contribution in [0, 0.1) is 13.8 Å². The zero-order valence-electron chi connectivity index (χ0n) is 20.2. The van der Waals surface area contributed by atoms with Gasteiger partial charge in [0.25, 0.3) is 0 Å². The van der Waals surface area contributed by atoms with Crippen LogP contribution in [0.15, 0.2) is 46.9 Å². The highest BCUT2D eigenvalue weighted by Gasteiger charge is 2.20. The molecule has 0 radical (unpaired) electrons. The summed E-state index contributed by atoms with van der Waals surface area (Å²) in [5, 5.41) is 15.6. The molecule has 4 aromatic rings. The number of carbonyl (C=O) groups excluding carboxylic acids is 1. The summed E-state index contributed by atoms with van der Waals surface area (Å²) in [4.78, 5) is 17.2. The van der Waals surface area contributed by atoms with E-state index in [0.717, 1.165) is 11.3 Å². The first-order chi connectivity index (χ1) is 17.2. The van der Waals surface area contributed by atoms with Crippen molar-refractivity contribution < 1.29 is 9.53 Å². The maximum Gasteiger partial charge on any atom is 0.236 e. The highest BCUT2D eigenvalue weighted by atomic mass is 35.5. The lowest BCUT2D eigenvalue weighted by Crippen LogP contribution is -2.15. The second kappa shape index (κ2) is 11.6. The largest absolute Gasteiger partial charge is 0.481 e. The van der Waals surface area contributed by atoms with Gasteiger partial charge in [-0.2, -0.15) is 0 Å². The van der Waals surface area contributed by atoms with E-state index in [1.54, 1.807) is 18.2 Å². The molecule has 1 unspecified atom stereocenters. The SMILES string of the molecule is CCn1c(SCC(=O)Nc2nc(-c3ccc(C)c(C)c3)cs2)nnc1C(C)Oc1cc(Cl)ccc1Cl. The first-order valence-corrected chi connectivity index (χ1v) is 13.9. The number of nitrogens with zero attached hydrogens (tertiary/aromatic N) is 4. The minimum absolute atomic E-state index is 0.164. The first kappa shape index (κ1) is 26.5. The highest BCUT2D eigenvalue weighted by Crippen LogP contribution is 2.32. The molecule has 1 amide bonds. The molecule has 0 aliphatic heterocycles. The summed E-state index contributed by atoms with van der Waals surface area (Å²) < 4.78 is 7.91. The van der Waals surface area contributed by atoms with Crippen molar-refractivity contribution in [1.29, 1.82) is 0 Å². The fourth-order valence-corrected chi connectivity index (χ4v) is 5.33. The maximum absolute atomic E-state index is 12.6. The van der Waals surface area contributed by atoms with Crippen LogP contribution in [0.5, 0.6) is 5.75 Å². The molecule has 11 heteroatoms. The van der Waals surface area contributed by atoms with Gasteiger partial charge in [-0.15, -0.1) is 21.5 Å². The number of amides is 1. The van der Waals surface area contributed by atoms with Crippen LogP contribution in [0.1, 0.15) is 36.9 Å². The van der Waals surface area contributed by atoms with Crippen molar-refractivity contribution in [3.63, 3.8) is 0 Å². The molecule has 2 heterocycles. The minimum Gasteiger partial charge on any atom is -0.481 e. The summed E-state index contributed by atoms with van der Waals surface area (Å²) in [6.07, 6.45) is -0.421. The molecule has 2 aromatic heterocycles. The number of carbonyl (C=O) groups is 1. The van der Waals surface area contributed by atoms with Gasteiger partial charge in [-0.25, -0.2) is 4.98 Å². The Balaban J connectivity index is 1.38. The van der Waals surface area contributed by atoms with Gasteiger partial charge in [-0.1, -0.05) is 47.1 Å². The van der Waals surface area contributed by atoms with Gasteiger partial charge < -0.3 is 14.6 Å². The Morgan fingerprint density at radius 1 is 1.17 bits per heavy atom. The Kier molecular flexibility index (Phi) is 8.56. The third kappa shape index (κ3) is 6.21. The smallest absolute Gasteiger partial charge is 0.236 e. The van der Waals surface area contributed by atoms with Crippen LogP contribution >= 0.6 is 46.3 Å². The Morgan fingerprint density at radius 2 is 1.97 bits per heavy atom. The number of halogens is 2. The zero-order valence-corrected chi connectivity index (χ0v) is 23.4. The number of ether oxygens (including phenoxy) is 1. The van der Waals surface area contributed by atoms with Crippen molar-refractivity contribution in [3.8, 4) is 17.0 Å². The van der Waals surface area contributed by atoms with Crippen molar-refractivity contribution in [2.24, 2.45) is 0 Å². The van der Waals surface area contributed by atoms with Crippen LogP contribution in [-0.2, 0) is 11.3 Å². The fourth-order valence-electron chi connectivity index (χ4n) is 3.47. The van der Waals surface area contributed by atoms with E-state index in [0.29, 0.717) is 38.5 Å². The predicted octanol–water partition coefficient (Wildman–Crippen LogP) is 7.22. The van der Waals surface area contributed by atoms with E-state index in [1.165, 1.54) is 34.2 Å². The number of hydrogen-bond acceptors (Lipinski definition) is 7. The molecule has 0 spiro atoms. The Morgan fingerprint density at radius 3 is 2.72 bits per heavy atom. The van der Waals surface area contributed by atoms with Crippen LogP contribution in [0.4, 0.5) is 5.13 Å². The number of nitrogens with one attached hydrogen (secondary N) is 1. The van der Waals surface area contributed by atoms with Crippen molar-refractivity contribution in [3.05, 3.63) is 68.8 Å². The summed E-state index contributed by atoms with van der Waals surface area (Å²) in [6, 6.07) is 11.3. The fraction of sp³-hybridized carbons (Fsp3) is 0.280. The number of anilines is 1. The molecule has 0 aliphatic rings. The number of aryl methyl sites for hydroxylation is 2. The number of thiazole rings is 1. The summed E-state index contributed by atoms with van der Waals surface area (Å²) in [5.41, 5.74) is 4.31. The lowest BCUT2D eigenvalue weighted by Gasteiger charge is -2.16. The normalized spacial score (nSPS) is 11.9. The molecule has 0 aliphatic carbocycles. The molecule has 1 N–H and O–H groups in total. The van der Waals surface area contributed by atoms with E-state index in [2.05, 4.69) is 46.5 Å². The van der Waals surface area contributed by atoms with E-state index >= 15 is 0 Å². The summed E-state index contributed by atoms with van der Waals surface area (Å²) >= 11 is 15.0. The number of aromatic nitrogens is 4. The van der Waals surface area contributed by atoms with Crippen molar-refractivity contribution in [2.45, 2.75) is 45.5 Å². The second-order valence-electron chi connectivity index (χ2n) is 8.09. The topological polar surface area (TPSA) is 81.9 Å². The van der Waals surface area contributed by atoms with Crippen LogP contribution in [0.2, 0.25) is 10.0 Å². The summed E-state index contributed by atoms with van der Waals surface area (Å²) in [5.74, 6) is 1.11. The number of thioether (sulfide) groups is 1. The van der Waals surface area contributed by atoms with E-state index < -0.39 is 6.10 Å². The van der Waals surface area contributed by atoms with E-state index in [4.69, 9.17) is 27.9 Å². The molecule has 0 saturated heterocycles. The third-order valence-electron chi connectivity index (χ3n) is 5.51. The molecule has 0 bridgehead atoms. The molecule has 188 valence electrons. The van der Waals surface area contributed by atoms with Gasteiger partial charge in [0.05, 0.1) is 16.5 Å². The van der Waals surface area contributed by atoms with Crippen LogP contribution < -0.4 is 10.1 Å². The lowest BCUT2D eigenvalue weighted by molar-refractivity contribution is -0.113. The van der Waals surface area contributed by atoms with Gasteiger partial charge >= 0.3 is 0 Å². The number of rotatable bonds is 9. The molecule has 2 aromatic carbocycles. The number of hydrogen-bond donors (Lipinski definition) is 1. The number of benzene rings is 2. The molecule has 1 atom stereocenters. The van der Waals surface area contributed by atoms with Gasteiger partial charge in [-0.05, 0) is 57.0 Å². The van der Waals surface area contributed by atoms with Crippen molar-refractivity contribution in [1.82, 2.24) is 19.7 Å². The second-order valence-corrected chi connectivity index (χ2v) is 10.7. The van der Waals surface area contributed by atoms with E-state index in [1.807, 2.05) is 29.9 Å². The van der Waals surface area contributed by atoms with Gasteiger partial charge in [0, 0.05) is 28.6 Å². The minimum atomic E-state index is -0.421. The first-order valence-electron chi connectivity index (χ1n) is 11.3. The maximum atomic E-state index is 12.6. The predicted molar refractivity (Wildman–Crippen MR) is 148 cm³/mol. The molecule has 0 fully saturated rings. The monoisotopic (exact) mass is 561 g/mol. The zero-order chi connectivity index (χ0) is 25.8. The average molecular weight is 563 g/mol. The van der Waals surface area contributed by atoms with Gasteiger partial charge in [-0.3, -0.25) is 4.79 Å². The quantitative estimate of drug-likeness (QED) is 0.217. The summed E-state index contributed by atoms with van der Waals surface area (Å²) in [7, 11) is 0. The van der Waals surface area contributed by atoms with E-state index in [-0.39, 0.29) is 11.7 Å². The van der Waals surface area contributed by atoms with Gasteiger partial charge in [0.2, 0.25) is 5.91 Å². The Hall–Kier alpha value is -2.59. The van der Waals surface area contributed by atoms with Crippen molar-refractivity contribution in [2.75, 3.05) is 11.1 Å². The van der Waals surface area contributed by atoms with Gasteiger partial charge in [0.15, 0.2) is 22.2 Å². The Bertz CT molecular complexity index is 1390. The lowest BCUT2D eigenvalue weighted by atomic mass is 10.1. The third-order valence-corrected chi connectivity index (χ3v) is 7.78. The average Bonchev–Trinajstić information content (AvgIpc) is 3.48. The van der Waals surface area contributed by atoms with Crippen LogP contribution in [-0.4, -0.2) is 31.4 Å². The standard InChI is InChI=1S/C25H25Cl2N5O2S2/c1-5-32-23(16(4)34-21-11-18(26)8-9-19(21)27)30-31-25(32)36-13-22(33)29-24-28-20(12-35-24)17-7-6-14(2)15(3)10-17/h6-12,16H,5,13H2,1-4H3,(H,28,29,33). The van der Waals surface area contributed by atoms with Crippen LogP contribution in [0.3, 0.4) is 0 Å². The Labute approximate surface area is 228 Å². The molecule has 36 heavy (non-hydrogen) atoms. The molecular weight excluding hydrogens is 537 g/mol. The molecule has 4 rings (SSSR count). The molecular formula is C25H25Cl2N5O2S2. The van der Waals surface area contributed by atoms with E-state index in [9.17, 15) is 4.79 Å². The molecule has 7 nitrogen and oxygen atoms in total.